The van der Waals surface area contributed by atoms with Gasteiger partial charge in [0.1, 0.15) is 11.9 Å². The van der Waals surface area contributed by atoms with Crippen molar-refractivity contribution < 1.29 is 4.74 Å². The van der Waals surface area contributed by atoms with Gasteiger partial charge in [-0.2, -0.15) is 5.10 Å². The molecule has 25 heavy (non-hydrogen) atoms. The fourth-order valence-electron chi connectivity index (χ4n) is 3.39. The van der Waals surface area contributed by atoms with Crippen molar-refractivity contribution in [2.24, 2.45) is 0 Å². The van der Waals surface area contributed by atoms with Gasteiger partial charge in [0.2, 0.25) is 0 Å². The van der Waals surface area contributed by atoms with Gasteiger partial charge in [-0.3, -0.25) is 9.58 Å². The zero-order valence-electron chi connectivity index (χ0n) is 16.0. The van der Waals surface area contributed by atoms with Gasteiger partial charge in [-0.25, -0.2) is 4.98 Å². The number of nitrogens with zero attached hydrogens (tertiary/aromatic N) is 5. The van der Waals surface area contributed by atoms with E-state index in [1.54, 1.807) is 0 Å². The second-order valence-corrected chi connectivity index (χ2v) is 6.87. The van der Waals surface area contributed by atoms with Crippen molar-refractivity contribution in [1.82, 2.24) is 19.7 Å². The van der Waals surface area contributed by atoms with Gasteiger partial charge in [-0.1, -0.05) is 6.07 Å². The summed E-state index contributed by atoms with van der Waals surface area (Å²) in [6, 6.07) is 6.14. The Hall–Kier alpha value is -1.92. The molecule has 1 fully saturated rings. The maximum atomic E-state index is 6.01. The molecule has 0 aliphatic carbocycles. The van der Waals surface area contributed by atoms with Crippen LogP contribution in [0.25, 0.3) is 0 Å². The predicted octanol–water partition coefficient (Wildman–Crippen LogP) is 2.55. The van der Waals surface area contributed by atoms with Crippen molar-refractivity contribution >= 4 is 5.82 Å². The monoisotopic (exact) mass is 343 g/mol. The SMILES string of the molecule is CCn1nc(C)c(CN2CCO[C@H](c3cccc(N(C)C)n3)C2)c1C. The van der Waals surface area contributed by atoms with E-state index in [1.165, 1.54) is 11.3 Å². The smallest absolute Gasteiger partial charge is 0.128 e. The van der Waals surface area contributed by atoms with Crippen LogP contribution >= 0.6 is 0 Å². The van der Waals surface area contributed by atoms with E-state index in [1.807, 2.05) is 25.1 Å². The van der Waals surface area contributed by atoms with Gasteiger partial charge >= 0.3 is 0 Å². The van der Waals surface area contributed by atoms with Crippen LogP contribution in [0.5, 0.6) is 0 Å². The van der Waals surface area contributed by atoms with Gasteiger partial charge in [-0.15, -0.1) is 0 Å². The number of anilines is 1. The van der Waals surface area contributed by atoms with Crippen molar-refractivity contribution in [3.05, 3.63) is 40.8 Å². The van der Waals surface area contributed by atoms with Gasteiger partial charge in [-0.05, 0) is 32.9 Å². The summed E-state index contributed by atoms with van der Waals surface area (Å²) in [5, 5.41) is 4.64. The third-order valence-electron chi connectivity index (χ3n) is 4.91. The molecule has 1 aliphatic heterocycles. The summed E-state index contributed by atoms with van der Waals surface area (Å²) >= 11 is 0. The van der Waals surface area contributed by atoms with E-state index in [0.29, 0.717) is 0 Å². The maximum Gasteiger partial charge on any atom is 0.128 e. The highest BCUT2D eigenvalue weighted by molar-refractivity contribution is 5.37. The lowest BCUT2D eigenvalue weighted by molar-refractivity contribution is -0.0350. The fourth-order valence-corrected chi connectivity index (χ4v) is 3.39. The molecular weight excluding hydrogens is 314 g/mol. The molecule has 3 rings (SSSR count). The largest absolute Gasteiger partial charge is 0.369 e. The average molecular weight is 343 g/mol. The first-order valence-corrected chi connectivity index (χ1v) is 9.00. The van der Waals surface area contributed by atoms with Crippen LogP contribution in [0.3, 0.4) is 0 Å². The Balaban J connectivity index is 1.73. The summed E-state index contributed by atoms with van der Waals surface area (Å²) in [4.78, 5) is 9.23. The molecule has 0 unspecified atom stereocenters. The lowest BCUT2D eigenvalue weighted by Gasteiger charge is -2.33. The topological polar surface area (TPSA) is 46.4 Å². The molecule has 2 aromatic heterocycles. The number of morpholine rings is 1. The second kappa shape index (κ2) is 7.54. The van der Waals surface area contributed by atoms with Crippen molar-refractivity contribution in [2.45, 2.75) is 40.0 Å². The highest BCUT2D eigenvalue weighted by Gasteiger charge is 2.25. The quantitative estimate of drug-likeness (QED) is 0.835. The lowest BCUT2D eigenvalue weighted by Crippen LogP contribution is -2.38. The first kappa shape index (κ1) is 17.9. The highest BCUT2D eigenvalue weighted by Crippen LogP contribution is 2.25. The minimum absolute atomic E-state index is 0.0236. The molecule has 0 N–H and O–H groups in total. The standard InChI is InChI=1S/C19H29N5O/c1-6-24-15(3)16(14(2)21-24)12-23-10-11-25-18(13-23)17-8-7-9-19(20-17)22(4)5/h7-9,18H,6,10-13H2,1-5H3/t18-/m0/s1. The van der Waals surface area contributed by atoms with E-state index < -0.39 is 0 Å². The van der Waals surface area contributed by atoms with E-state index in [-0.39, 0.29) is 6.10 Å². The number of ether oxygens (including phenoxy) is 1. The van der Waals surface area contributed by atoms with Gasteiger partial charge in [0.15, 0.2) is 0 Å². The Labute approximate surface area is 150 Å². The number of aromatic nitrogens is 3. The molecular formula is C19H29N5O. The summed E-state index contributed by atoms with van der Waals surface area (Å²) in [5.41, 5.74) is 4.76. The summed E-state index contributed by atoms with van der Waals surface area (Å²) in [7, 11) is 4.02. The Morgan fingerprint density at radius 2 is 2.08 bits per heavy atom. The van der Waals surface area contributed by atoms with Gasteiger partial charge in [0.25, 0.3) is 0 Å². The molecule has 1 aliphatic rings. The third kappa shape index (κ3) is 3.85. The Morgan fingerprint density at radius 1 is 1.28 bits per heavy atom. The zero-order chi connectivity index (χ0) is 18.0. The van der Waals surface area contributed by atoms with Crippen molar-refractivity contribution in [1.29, 1.82) is 0 Å². The van der Waals surface area contributed by atoms with Crippen LogP contribution in [0, 0.1) is 13.8 Å². The predicted molar refractivity (Wildman–Crippen MR) is 99.9 cm³/mol. The number of rotatable bonds is 5. The van der Waals surface area contributed by atoms with Crippen LogP contribution in [0.2, 0.25) is 0 Å². The molecule has 2 aromatic rings. The van der Waals surface area contributed by atoms with Gasteiger partial charge in [0, 0.05) is 51.5 Å². The molecule has 136 valence electrons. The molecule has 0 bridgehead atoms. The van der Waals surface area contributed by atoms with Gasteiger partial charge in [0.05, 0.1) is 18.0 Å². The number of hydrogen-bond acceptors (Lipinski definition) is 5. The van der Waals surface area contributed by atoms with E-state index in [0.717, 1.165) is 50.0 Å². The number of pyridine rings is 1. The molecule has 6 nitrogen and oxygen atoms in total. The molecule has 6 heteroatoms. The van der Waals surface area contributed by atoms with Crippen molar-refractivity contribution in [3.8, 4) is 0 Å². The zero-order valence-corrected chi connectivity index (χ0v) is 16.0. The Bertz CT molecular complexity index is 725. The lowest BCUT2D eigenvalue weighted by atomic mass is 10.1. The van der Waals surface area contributed by atoms with Crippen LogP contribution in [0.4, 0.5) is 5.82 Å². The average Bonchev–Trinajstić information content (AvgIpc) is 2.89. The summed E-state index contributed by atoms with van der Waals surface area (Å²) in [6.45, 7) is 10.8. The minimum Gasteiger partial charge on any atom is -0.369 e. The number of aryl methyl sites for hydroxylation is 2. The van der Waals surface area contributed by atoms with Crippen molar-refractivity contribution in [2.75, 3.05) is 38.7 Å². The minimum atomic E-state index is 0.0236. The van der Waals surface area contributed by atoms with Crippen LogP contribution in [-0.2, 0) is 17.8 Å². The van der Waals surface area contributed by atoms with E-state index in [9.17, 15) is 0 Å². The summed E-state index contributed by atoms with van der Waals surface area (Å²) < 4.78 is 8.10. The normalized spacial score (nSPS) is 18.5. The van der Waals surface area contributed by atoms with Crippen molar-refractivity contribution in [3.63, 3.8) is 0 Å². The summed E-state index contributed by atoms with van der Waals surface area (Å²) in [5.74, 6) is 0.967. The first-order chi connectivity index (χ1) is 12.0. The molecule has 1 saturated heterocycles. The Kier molecular flexibility index (Phi) is 5.39. The molecule has 1 atom stereocenters. The number of hydrogen-bond donors (Lipinski definition) is 0. The third-order valence-corrected chi connectivity index (χ3v) is 4.91. The molecule has 0 spiro atoms. The fraction of sp³-hybridized carbons (Fsp3) is 0.579. The molecule has 0 saturated carbocycles. The molecule has 0 amide bonds. The van der Waals surface area contributed by atoms with Crippen LogP contribution in [0.1, 0.15) is 35.7 Å². The van der Waals surface area contributed by atoms with E-state index >= 15 is 0 Å². The van der Waals surface area contributed by atoms with E-state index in [4.69, 9.17) is 9.72 Å². The molecule has 3 heterocycles. The first-order valence-electron chi connectivity index (χ1n) is 9.00. The van der Waals surface area contributed by atoms with Crippen LogP contribution in [0.15, 0.2) is 18.2 Å². The molecule has 0 radical (unpaired) electrons. The maximum absolute atomic E-state index is 6.01. The van der Waals surface area contributed by atoms with Gasteiger partial charge < -0.3 is 9.64 Å². The van der Waals surface area contributed by atoms with Crippen LogP contribution < -0.4 is 4.90 Å². The highest BCUT2D eigenvalue weighted by atomic mass is 16.5. The van der Waals surface area contributed by atoms with E-state index in [2.05, 4.69) is 47.6 Å². The second-order valence-electron chi connectivity index (χ2n) is 6.87. The summed E-state index contributed by atoms with van der Waals surface area (Å²) in [6.07, 6.45) is 0.0236. The molecule has 0 aromatic carbocycles. The Morgan fingerprint density at radius 3 is 2.76 bits per heavy atom. The van der Waals surface area contributed by atoms with Crippen LogP contribution in [-0.4, -0.2) is 53.5 Å².